The normalized spacial score (nSPS) is 10.8. The zero-order valence-corrected chi connectivity index (χ0v) is 12.7. The van der Waals surface area contributed by atoms with Gasteiger partial charge in [-0.2, -0.15) is 5.10 Å². The number of nitrogens with two attached hydrogens (primary N) is 1. The van der Waals surface area contributed by atoms with Crippen LogP contribution in [0.25, 0.3) is 0 Å². The van der Waals surface area contributed by atoms with E-state index in [0.717, 1.165) is 35.7 Å². The average molecular weight is 294 g/mol. The lowest BCUT2D eigenvalue weighted by molar-refractivity contribution is 0.289. The molecule has 0 saturated heterocycles. The van der Waals surface area contributed by atoms with Crippen LogP contribution in [0.3, 0.4) is 0 Å². The maximum atomic E-state index is 6.36. The third kappa shape index (κ3) is 2.97. The Balaban J connectivity index is 2.20. The highest BCUT2D eigenvalue weighted by atomic mass is 35.5. The van der Waals surface area contributed by atoms with Crippen LogP contribution in [0.5, 0.6) is 5.75 Å². The summed E-state index contributed by atoms with van der Waals surface area (Å²) in [5.41, 5.74) is 8.53. The fourth-order valence-corrected chi connectivity index (χ4v) is 2.44. The molecular weight excluding hydrogens is 274 g/mol. The predicted molar refractivity (Wildman–Crippen MR) is 81.0 cm³/mol. The van der Waals surface area contributed by atoms with Crippen LogP contribution in [0.4, 0.5) is 0 Å². The van der Waals surface area contributed by atoms with Crippen LogP contribution in [0.1, 0.15) is 30.8 Å². The largest absolute Gasteiger partial charge is 0.487 e. The van der Waals surface area contributed by atoms with E-state index in [1.54, 1.807) is 0 Å². The van der Waals surface area contributed by atoms with E-state index in [4.69, 9.17) is 22.1 Å². The van der Waals surface area contributed by atoms with Crippen molar-refractivity contribution in [3.8, 4) is 5.75 Å². The van der Waals surface area contributed by atoms with Crippen molar-refractivity contribution in [2.24, 2.45) is 5.73 Å². The third-order valence-corrected chi connectivity index (χ3v) is 3.69. The lowest BCUT2D eigenvalue weighted by Crippen LogP contribution is -2.08. The Morgan fingerprint density at radius 2 is 2.05 bits per heavy atom. The monoisotopic (exact) mass is 293 g/mol. The summed E-state index contributed by atoms with van der Waals surface area (Å²) in [5, 5.41) is 5.19. The molecule has 0 atom stereocenters. The van der Waals surface area contributed by atoms with Gasteiger partial charge < -0.3 is 10.5 Å². The number of para-hydroxylation sites is 1. The number of aryl methyl sites for hydroxylation is 2. The minimum absolute atomic E-state index is 0.399. The summed E-state index contributed by atoms with van der Waals surface area (Å²) in [6.07, 6.45) is 0.818. The summed E-state index contributed by atoms with van der Waals surface area (Å²) in [6, 6.07) is 7.77. The van der Waals surface area contributed by atoms with Crippen LogP contribution in [0, 0.1) is 0 Å². The Kier molecular flexibility index (Phi) is 5.04. The van der Waals surface area contributed by atoms with Gasteiger partial charge in [0, 0.05) is 18.7 Å². The zero-order valence-electron chi connectivity index (χ0n) is 11.9. The molecule has 0 aliphatic carbocycles. The third-order valence-electron chi connectivity index (χ3n) is 3.25. The lowest BCUT2D eigenvalue weighted by atomic mass is 10.2. The first kappa shape index (κ1) is 14.9. The van der Waals surface area contributed by atoms with Crippen LogP contribution < -0.4 is 10.5 Å². The Bertz CT molecular complexity index is 580. The summed E-state index contributed by atoms with van der Waals surface area (Å²) in [4.78, 5) is 0. The lowest BCUT2D eigenvalue weighted by Gasteiger charge is -2.11. The molecule has 0 unspecified atom stereocenters. The number of nitrogens with zero attached hydrogens (tertiary/aromatic N) is 2. The predicted octanol–water partition coefficient (Wildman–Crippen LogP) is 3.16. The highest BCUT2D eigenvalue weighted by Crippen LogP contribution is 2.24. The molecule has 1 heterocycles. The highest BCUT2D eigenvalue weighted by molar-refractivity contribution is 6.31. The van der Waals surface area contributed by atoms with Gasteiger partial charge in [-0.05, 0) is 19.4 Å². The van der Waals surface area contributed by atoms with Crippen LogP contribution in [0.15, 0.2) is 24.3 Å². The quantitative estimate of drug-likeness (QED) is 0.890. The smallest absolute Gasteiger partial charge is 0.131 e. The van der Waals surface area contributed by atoms with Crippen molar-refractivity contribution < 1.29 is 4.74 Å². The zero-order chi connectivity index (χ0) is 14.5. The maximum absolute atomic E-state index is 6.36. The summed E-state index contributed by atoms with van der Waals surface area (Å²) in [6.45, 7) is 5.72. The molecule has 0 saturated carbocycles. The molecule has 0 bridgehead atoms. The molecule has 20 heavy (non-hydrogen) atoms. The number of hydrogen-bond acceptors (Lipinski definition) is 3. The number of rotatable bonds is 6. The van der Waals surface area contributed by atoms with Crippen LogP contribution >= 0.6 is 11.6 Å². The SMILES string of the molecule is CCc1nn(CC)c(COc2ccccc2CN)c1Cl. The van der Waals surface area contributed by atoms with Gasteiger partial charge in [-0.15, -0.1) is 0 Å². The van der Waals surface area contributed by atoms with Gasteiger partial charge in [-0.1, -0.05) is 36.7 Å². The number of halogens is 1. The Morgan fingerprint density at radius 1 is 1.30 bits per heavy atom. The van der Waals surface area contributed by atoms with Crippen LogP contribution in [-0.4, -0.2) is 9.78 Å². The van der Waals surface area contributed by atoms with Gasteiger partial charge in [-0.25, -0.2) is 0 Å². The summed E-state index contributed by atoms with van der Waals surface area (Å²) in [7, 11) is 0. The molecule has 2 aromatic rings. The second-order valence-electron chi connectivity index (χ2n) is 4.48. The van der Waals surface area contributed by atoms with Crippen LogP contribution in [-0.2, 0) is 26.1 Å². The fourth-order valence-electron chi connectivity index (χ4n) is 2.11. The van der Waals surface area contributed by atoms with E-state index in [9.17, 15) is 0 Å². The van der Waals surface area contributed by atoms with E-state index in [0.29, 0.717) is 18.2 Å². The van der Waals surface area contributed by atoms with E-state index in [-0.39, 0.29) is 0 Å². The van der Waals surface area contributed by atoms with E-state index in [1.165, 1.54) is 0 Å². The maximum Gasteiger partial charge on any atom is 0.131 e. The second-order valence-corrected chi connectivity index (χ2v) is 4.86. The molecule has 108 valence electrons. The minimum atomic E-state index is 0.399. The Labute approximate surface area is 124 Å². The number of hydrogen-bond donors (Lipinski definition) is 1. The van der Waals surface area contributed by atoms with Gasteiger partial charge >= 0.3 is 0 Å². The second kappa shape index (κ2) is 6.77. The summed E-state index contributed by atoms with van der Waals surface area (Å²) < 4.78 is 7.77. The van der Waals surface area contributed by atoms with Gasteiger partial charge in [0.1, 0.15) is 12.4 Å². The Hall–Kier alpha value is -1.52. The first-order chi connectivity index (χ1) is 9.71. The van der Waals surface area contributed by atoms with Crippen molar-refractivity contribution in [1.82, 2.24) is 9.78 Å². The Morgan fingerprint density at radius 3 is 2.70 bits per heavy atom. The molecule has 0 spiro atoms. The first-order valence-corrected chi connectivity index (χ1v) is 7.23. The van der Waals surface area contributed by atoms with Gasteiger partial charge in [0.05, 0.1) is 16.4 Å². The molecule has 0 fully saturated rings. The molecule has 1 aromatic carbocycles. The van der Waals surface area contributed by atoms with Gasteiger partial charge in [0.25, 0.3) is 0 Å². The van der Waals surface area contributed by atoms with Gasteiger partial charge in [-0.3, -0.25) is 4.68 Å². The van der Waals surface area contributed by atoms with E-state index in [2.05, 4.69) is 5.10 Å². The number of aromatic nitrogens is 2. The van der Waals surface area contributed by atoms with Gasteiger partial charge in [0.15, 0.2) is 0 Å². The van der Waals surface area contributed by atoms with Crippen molar-refractivity contribution in [2.45, 2.75) is 40.0 Å². The molecule has 1 aromatic heterocycles. The fraction of sp³-hybridized carbons (Fsp3) is 0.400. The molecule has 0 aliphatic rings. The molecule has 4 nitrogen and oxygen atoms in total. The molecular formula is C15H20ClN3O. The number of ether oxygens (including phenoxy) is 1. The summed E-state index contributed by atoms with van der Waals surface area (Å²) in [5.74, 6) is 0.799. The van der Waals surface area contributed by atoms with Crippen molar-refractivity contribution in [3.63, 3.8) is 0 Å². The molecule has 0 radical (unpaired) electrons. The van der Waals surface area contributed by atoms with Crippen molar-refractivity contribution in [2.75, 3.05) is 0 Å². The van der Waals surface area contributed by atoms with E-state index in [1.807, 2.05) is 42.8 Å². The molecule has 2 N–H and O–H groups in total. The molecule has 0 amide bonds. The van der Waals surface area contributed by atoms with E-state index < -0.39 is 0 Å². The van der Waals surface area contributed by atoms with Crippen LogP contribution in [0.2, 0.25) is 5.02 Å². The molecule has 5 heteroatoms. The van der Waals surface area contributed by atoms with Crippen molar-refractivity contribution in [1.29, 1.82) is 0 Å². The van der Waals surface area contributed by atoms with Crippen molar-refractivity contribution in [3.05, 3.63) is 46.2 Å². The average Bonchev–Trinajstić information content (AvgIpc) is 2.81. The standard InChI is InChI=1S/C15H20ClN3O/c1-3-12-15(16)13(19(4-2)18-12)10-20-14-8-6-5-7-11(14)9-17/h5-8H,3-4,9-10,17H2,1-2H3. The highest BCUT2D eigenvalue weighted by Gasteiger charge is 2.15. The first-order valence-electron chi connectivity index (χ1n) is 6.86. The van der Waals surface area contributed by atoms with Crippen molar-refractivity contribution >= 4 is 11.6 Å². The van der Waals surface area contributed by atoms with E-state index >= 15 is 0 Å². The number of benzene rings is 1. The van der Waals surface area contributed by atoms with Gasteiger partial charge in [0.2, 0.25) is 0 Å². The molecule has 0 aliphatic heterocycles. The summed E-state index contributed by atoms with van der Waals surface area (Å²) >= 11 is 6.36. The topological polar surface area (TPSA) is 53.1 Å². The molecule has 2 rings (SSSR count). The minimum Gasteiger partial charge on any atom is -0.487 e.